The van der Waals surface area contributed by atoms with Crippen LogP contribution >= 0.6 is 0 Å². The Morgan fingerprint density at radius 1 is 0.522 bits per heavy atom. The van der Waals surface area contributed by atoms with E-state index >= 15 is 0 Å². The van der Waals surface area contributed by atoms with E-state index in [1.54, 1.807) is 0 Å². The minimum absolute atomic E-state index is 0.0457. The Bertz CT molecular complexity index is 1760. The Morgan fingerprint density at radius 3 is 1.67 bits per heavy atom. The van der Waals surface area contributed by atoms with Gasteiger partial charge in [0.2, 0.25) is 0 Å². The van der Waals surface area contributed by atoms with Crippen LogP contribution in [-0.4, -0.2) is 20.6 Å². The zero-order chi connectivity index (χ0) is 31.3. The van der Waals surface area contributed by atoms with E-state index in [0.717, 1.165) is 41.3 Å². The third kappa shape index (κ3) is 5.77. The SMILES string of the molecule is CCCCCCCCCCC1(CCCCCCCCCC)c2cc3c(cc2-c2c1ccc1nonc21)Cc1ccc2nonc2c1-3. The highest BCUT2D eigenvalue weighted by atomic mass is 16.6. The number of fused-ring (bicyclic) bond motifs is 10. The number of unbranched alkanes of at least 4 members (excludes halogenated alkanes) is 14. The molecule has 0 amide bonds. The summed E-state index contributed by atoms with van der Waals surface area (Å²) in [7, 11) is 0. The van der Waals surface area contributed by atoms with Gasteiger partial charge < -0.3 is 0 Å². The lowest BCUT2D eigenvalue weighted by atomic mass is 9.70. The van der Waals surface area contributed by atoms with Crippen molar-refractivity contribution in [3.63, 3.8) is 0 Å². The van der Waals surface area contributed by atoms with Crippen molar-refractivity contribution in [1.82, 2.24) is 20.6 Å². The molecule has 0 unspecified atom stereocenters. The first kappa shape index (κ1) is 31.1. The molecule has 46 heavy (non-hydrogen) atoms. The van der Waals surface area contributed by atoms with Crippen molar-refractivity contribution in [2.24, 2.45) is 0 Å². The average Bonchev–Trinajstić information content (AvgIpc) is 3.86. The van der Waals surface area contributed by atoms with Crippen LogP contribution in [0.4, 0.5) is 0 Å². The van der Waals surface area contributed by atoms with Crippen molar-refractivity contribution < 1.29 is 9.26 Å². The molecular weight excluding hydrogens is 568 g/mol. The van der Waals surface area contributed by atoms with Crippen LogP contribution in [-0.2, 0) is 11.8 Å². The van der Waals surface area contributed by atoms with E-state index < -0.39 is 0 Å². The van der Waals surface area contributed by atoms with Gasteiger partial charge in [-0.15, -0.1) is 0 Å². The molecule has 0 radical (unpaired) electrons. The largest absolute Gasteiger partial charge is 0.243 e. The van der Waals surface area contributed by atoms with Gasteiger partial charge in [0.15, 0.2) is 0 Å². The monoisotopic (exact) mass is 618 g/mol. The molecule has 0 aliphatic heterocycles. The maximum absolute atomic E-state index is 5.34. The van der Waals surface area contributed by atoms with E-state index in [1.807, 2.05) is 6.07 Å². The fourth-order valence-corrected chi connectivity index (χ4v) is 8.63. The summed E-state index contributed by atoms with van der Waals surface area (Å²) < 4.78 is 10.6. The maximum atomic E-state index is 5.34. The summed E-state index contributed by atoms with van der Waals surface area (Å²) in [6.45, 7) is 4.59. The van der Waals surface area contributed by atoms with E-state index in [4.69, 9.17) is 9.26 Å². The normalized spacial score (nSPS) is 14.2. The molecule has 0 saturated heterocycles. The van der Waals surface area contributed by atoms with E-state index in [9.17, 15) is 0 Å². The molecule has 0 saturated carbocycles. The first-order valence-electron chi connectivity index (χ1n) is 18.4. The van der Waals surface area contributed by atoms with Gasteiger partial charge >= 0.3 is 0 Å². The van der Waals surface area contributed by atoms with Gasteiger partial charge in [-0.1, -0.05) is 129 Å². The van der Waals surface area contributed by atoms with Crippen LogP contribution in [0.3, 0.4) is 0 Å². The Morgan fingerprint density at radius 2 is 1.07 bits per heavy atom. The molecule has 0 fully saturated rings. The van der Waals surface area contributed by atoms with Crippen LogP contribution in [0.1, 0.15) is 152 Å². The van der Waals surface area contributed by atoms with Crippen molar-refractivity contribution in [3.05, 3.63) is 58.7 Å². The fourth-order valence-electron chi connectivity index (χ4n) is 8.63. The van der Waals surface area contributed by atoms with Crippen molar-refractivity contribution in [2.45, 2.75) is 141 Å². The lowest BCUT2D eigenvalue weighted by molar-refractivity contribution is 0.315. The summed E-state index contributed by atoms with van der Waals surface area (Å²) >= 11 is 0. The second-order valence-corrected chi connectivity index (χ2v) is 14.1. The van der Waals surface area contributed by atoms with Gasteiger partial charge in [-0.05, 0) is 97.5 Å². The molecule has 0 atom stereocenters. The summed E-state index contributed by atoms with van der Waals surface area (Å²) in [5.41, 5.74) is 14.0. The lowest BCUT2D eigenvalue weighted by Crippen LogP contribution is -2.25. The minimum Gasteiger partial charge on any atom is -0.243 e. The molecule has 0 bridgehead atoms. The van der Waals surface area contributed by atoms with Crippen molar-refractivity contribution in [2.75, 3.05) is 0 Å². The van der Waals surface area contributed by atoms with E-state index in [0.29, 0.717) is 0 Å². The summed E-state index contributed by atoms with van der Waals surface area (Å²) in [5.74, 6) is 0. The van der Waals surface area contributed by atoms with Crippen LogP contribution in [0.5, 0.6) is 0 Å². The highest BCUT2D eigenvalue weighted by Crippen LogP contribution is 2.58. The number of hydrogen-bond acceptors (Lipinski definition) is 6. The average molecular weight is 619 g/mol. The van der Waals surface area contributed by atoms with Crippen molar-refractivity contribution in [3.8, 4) is 22.3 Å². The highest BCUT2D eigenvalue weighted by molar-refractivity contribution is 6.02. The zero-order valence-electron chi connectivity index (χ0n) is 28.0. The number of benzene rings is 3. The third-order valence-electron chi connectivity index (χ3n) is 11.1. The number of aromatic nitrogens is 4. The predicted octanol–water partition coefficient (Wildman–Crippen LogP) is 11.7. The van der Waals surface area contributed by atoms with Crippen LogP contribution in [0, 0.1) is 0 Å². The summed E-state index contributed by atoms with van der Waals surface area (Å²) in [6.07, 6.45) is 24.5. The topological polar surface area (TPSA) is 77.8 Å². The smallest absolute Gasteiger partial charge is 0.143 e. The number of hydrogen-bond donors (Lipinski definition) is 0. The molecule has 2 aromatic heterocycles. The van der Waals surface area contributed by atoms with Crippen LogP contribution in [0.2, 0.25) is 0 Å². The molecule has 0 N–H and O–H groups in total. The van der Waals surface area contributed by atoms with Crippen LogP contribution < -0.4 is 0 Å². The molecule has 2 heterocycles. The first-order valence-corrected chi connectivity index (χ1v) is 18.4. The van der Waals surface area contributed by atoms with Crippen LogP contribution in [0.15, 0.2) is 45.7 Å². The molecule has 5 aromatic rings. The molecule has 0 spiro atoms. The second-order valence-electron chi connectivity index (χ2n) is 14.1. The predicted molar refractivity (Wildman–Crippen MR) is 186 cm³/mol. The number of nitrogens with zero attached hydrogens (tertiary/aromatic N) is 4. The van der Waals surface area contributed by atoms with Gasteiger partial charge in [-0.3, -0.25) is 0 Å². The molecule has 7 rings (SSSR count). The standard InChI is InChI=1S/C40H50N4O2/c1-3-5-7-9-11-13-15-17-23-40(24-18-16-14-12-10-8-6-4-2)32-20-22-35-39(44-46-42-35)37(32)31-26-29-25-28-19-21-34-38(43-45-41-34)36(28)30(29)27-33(31)40/h19-22,26-27H,3-18,23-25H2,1-2H3. The van der Waals surface area contributed by atoms with Gasteiger partial charge in [-0.25, -0.2) is 9.26 Å². The third-order valence-corrected chi connectivity index (χ3v) is 11.1. The lowest BCUT2D eigenvalue weighted by Gasteiger charge is -2.33. The summed E-state index contributed by atoms with van der Waals surface area (Å²) in [4.78, 5) is 0. The quantitative estimate of drug-likeness (QED) is 0.0892. The van der Waals surface area contributed by atoms with E-state index in [2.05, 4.69) is 64.8 Å². The number of rotatable bonds is 18. The molecule has 242 valence electrons. The summed E-state index contributed by atoms with van der Waals surface area (Å²) in [6, 6.07) is 13.7. The first-order chi connectivity index (χ1) is 22.7. The van der Waals surface area contributed by atoms with Crippen molar-refractivity contribution >= 4 is 22.1 Å². The fraction of sp³-hybridized carbons (Fsp3) is 0.550. The molecule has 3 aromatic carbocycles. The maximum Gasteiger partial charge on any atom is 0.143 e. The molecule has 2 aliphatic rings. The Kier molecular flexibility index (Phi) is 9.50. The summed E-state index contributed by atoms with van der Waals surface area (Å²) in [5, 5.41) is 17.3. The van der Waals surface area contributed by atoms with Crippen molar-refractivity contribution in [1.29, 1.82) is 0 Å². The Labute approximate surface area is 273 Å². The van der Waals surface area contributed by atoms with Gasteiger partial charge in [0.05, 0.1) is 0 Å². The molecule has 6 nitrogen and oxygen atoms in total. The van der Waals surface area contributed by atoms with Crippen LogP contribution in [0.25, 0.3) is 44.3 Å². The van der Waals surface area contributed by atoms with Gasteiger partial charge in [0.1, 0.15) is 22.1 Å². The van der Waals surface area contributed by atoms with Gasteiger partial charge in [0.25, 0.3) is 0 Å². The minimum atomic E-state index is -0.0457. The van der Waals surface area contributed by atoms with E-state index in [1.165, 1.54) is 147 Å². The molecular formula is C40H50N4O2. The molecule has 2 aliphatic carbocycles. The Hall–Kier alpha value is -3.54. The highest BCUT2D eigenvalue weighted by Gasteiger charge is 2.45. The Balaban J connectivity index is 1.24. The molecule has 6 heteroatoms. The second kappa shape index (κ2) is 14.1. The van der Waals surface area contributed by atoms with E-state index in [-0.39, 0.29) is 5.41 Å². The van der Waals surface area contributed by atoms with Gasteiger partial charge in [0, 0.05) is 16.5 Å². The zero-order valence-corrected chi connectivity index (χ0v) is 28.0. The van der Waals surface area contributed by atoms with Gasteiger partial charge in [-0.2, -0.15) is 0 Å².